The average molecular weight is 406 g/mol. The molecule has 0 radical (unpaired) electrons. The Morgan fingerprint density at radius 2 is 1.74 bits per heavy atom. The summed E-state index contributed by atoms with van der Waals surface area (Å²) in [6.45, 7) is 0. The molecule has 0 saturated heterocycles. The van der Waals surface area contributed by atoms with Gasteiger partial charge in [-0.25, -0.2) is 0 Å². The van der Waals surface area contributed by atoms with Crippen LogP contribution in [0.1, 0.15) is 15.2 Å². The van der Waals surface area contributed by atoms with E-state index in [9.17, 15) is 4.79 Å². The third kappa shape index (κ3) is 3.01. The third-order valence-electron chi connectivity index (χ3n) is 2.51. The normalized spacial score (nSPS) is 10.3. The smallest absolute Gasteiger partial charge is 0.204 e. The Morgan fingerprint density at radius 3 is 2.26 bits per heavy atom. The number of hydrogen-bond donors (Lipinski definition) is 0. The van der Waals surface area contributed by atoms with Crippen molar-refractivity contribution >= 4 is 49.0 Å². The van der Waals surface area contributed by atoms with Gasteiger partial charge in [0.1, 0.15) is 0 Å². The lowest BCUT2D eigenvalue weighted by Gasteiger charge is -2.10. The molecule has 0 fully saturated rings. The molecule has 19 heavy (non-hydrogen) atoms. The van der Waals surface area contributed by atoms with E-state index in [1.165, 1.54) is 11.3 Å². The maximum Gasteiger partial charge on any atom is 0.204 e. The van der Waals surface area contributed by atoms with Crippen LogP contribution in [0.4, 0.5) is 0 Å². The van der Waals surface area contributed by atoms with Crippen LogP contribution >= 0.6 is 43.2 Å². The van der Waals surface area contributed by atoms with Crippen LogP contribution in [-0.4, -0.2) is 20.0 Å². The number of ketones is 1. The second-order valence-corrected chi connectivity index (χ2v) is 6.94. The van der Waals surface area contributed by atoms with Crippen LogP contribution in [0.25, 0.3) is 0 Å². The van der Waals surface area contributed by atoms with Gasteiger partial charge in [0, 0.05) is 10.0 Å². The van der Waals surface area contributed by atoms with Gasteiger partial charge in [-0.2, -0.15) is 0 Å². The fraction of sp³-hybridized carbons (Fsp3) is 0.154. The Hall–Kier alpha value is -0.850. The van der Waals surface area contributed by atoms with Crippen LogP contribution in [0.3, 0.4) is 0 Å². The van der Waals surface area contributed by atoms with Gasteiger partial charge in [0.05, 0.1) is 22.9 Å². The Balaban J connectivity index is 2.47. The second-order valence-electron chi connectivity index (χ2n) is 3.62. The maximum absolute atomic E-state index is 12.4. The standard InChI is InChI=1S/C13H10Br2O3S/c1-17-9-5-7(8(14)6-10(9)18-2)13(16)11-3-4-12(15)19-11/h3-6H,1-2H3. The molecule has 0 saturated carbocycles. The number of ether oxygens (including phenoxy) is 2. The molecule has 0 aliphatic rings. The minimum Gasteiger partial charge on any atom is -0.493 e. The molecule has 0 spiro atoms. The van der Waals surface area contributed by atoms with E-state index in [0.29, 0.717) is 26.4 Å². The van der Waals surface area contributed by atoms with Crippen molar-refractivity contribution < 1.29 is 14.3 Å². The van der Waals surface area contributed by atoms with Crippen molar-refractivity contribution in [2.75, 3.05) is 14.2 Å². The van der Waals surface area contributed by atoms with Crippen LogP contribution in [0.15, 0.2) is 32.5 Å². The number of benzene rings is 1. The number of thiophene rings is 1. The number of carbonyl (C=O) groups excluding carboxylic acids is 1. The SMILES string of the molecule is COc1cc(Br)c(C(=O)c2ccc(Br)s2)cc1OC. The highest BCUT2D eigenvalue weighted by Crippen LogP contribution is 2.35. The predicted molar refractivity (Wildman–Crippen MR) is 82.7 cm³/mol. The van der Waals surface area contributed by atoms with E-state index >= 15 is 0 Å². The van der Waals surface area contributed by atoms with Crippen LogP contribution in [0, 0.1) is 0 Å². The van der Waals surface area contributed by atoms with E-state index < -0.39 is 0 Å². The van der Waals surface area contributed by atoms with Crippen molar-refractivity contribution in [3.05, 3.63) is 43.0 Å². The Morgan fingerprint density at radius 1 is 1.11 bits per heavy atom. The molecule has 2 rings (SSSR count). The molecular formula is C13H10Br2O3S. The first kappa shape index (κ1) is 14.6. The van der Waals surface area contributed by atoms with Crippen molar-refractivity contribution in [2.45, 2.75) is 0 Å². The summed E-state index contributed by atoms with van der Waals surface area (Å²) in [5.74, 6) is 1.06. The highest BCUT2D eigenvalue weighted by molar-refractivity contribution is 9.11. The summed E-state index contributed by atoms with van der Waals surface area (Å²) in [5, 5.41) is 0. The highest BCUT2D eigenvalue weighted by atomic mass is 79.9. The Bertz CT molecular complexity index is 622. The lowest BCUT2D eigenvalue weighted by atomic mass is 10.1. The monoisotopic (exact) mass is 404 g/mol. The maximum atomic E-state index is 12.4. The van der Waals surface area contributed by atoms with E-state index in [-0.39, 0.29) is 5.78 Å². The first-order chi connectivity index (χ1) is 9.06. The lowest BCUT2D eigenvalue weighted by molar-refractivity contribution is 0.104. The predicted octanol–water partition coefficient (Wildman–Crippen LogP) is 4.52. The molecule has 0 aliphatic heterocycles. The summed E-state index contributed by atoms with van der Waals surface area (Å²) >= 11 is 8.14. The van der Waals surface area contributed by atoms with Gasteiger partial charge in [-0.15, -0.1) is 11.3 Å². The highest BCUT2D eigenvalue weighted by Gasteiger charge is 2.18. The van der Waals surface area contributed by atoms with Crippen LogP contribution in [0.5, 0.6) is 11.5 Å². The van der Waals surface area contributed by atoms with E-state index in [0.717, 1.165) is 3.79 Å². The number of carbonyl (C=O) groups is 1. The molecule has 1 aromatic carbocycles. The molecule has 6 heteroatoms. The van der Waals surface area contributed by atoms with Crippen LogP contribution in [0.2, 0.25) is 0 Å². The average Bonchev–Trinajstić information content (AvgIpc) is 2.84. The molecule has 0 atom stereocenters. The molecule has 100 valence electrons. The van der Waals surface area contributed by atoms with Crippen LogP contribution in [-0.2, 0) is 0 Å². The van der Waals surface area contributed by atoms with Gasteiger partial charge in [0.2, 0.25) is 5.78 Å². The van der Waals surface area contributed by atoms with Crippen LogP contribution < -0.4 is 9.47 Å². The van der Waals surface area contributed by atoms with Crippen molar-refractivity contribution in [3.63, 3.8) is 0 Å². The summed E-state index contributed by atoms with van der Waals surface area (Å²) in [4.78, 5) is 13.1. The first-order valence-corrected chi connectivity index (χ1v) is 7.68. The Kier molecular flexibility index (Phi) is 4.65. The number of hydrogen-bond acceptors (Lipinski definition) is 4. The quantitative estimate of drug-likeness (QED) is 0.701. The molecule has 0 amide bonds. The summed E-state index contributed by atoms with van der Waals surface area (Å²) < 4.78 is 12.0. The second kappa shape index (κ2) is 6.07. The number of rotatable bonds is 4. The van der Waals surface area contributed by atoms with Crippen molar-refractivity contribution in [1.82, 2.24) is 0 Å². The lowest BCUT2D eigenvalue weighted by Crippen LogP contribution is -2.02. The summed E-state index contributed by atoms with van der Waals surface area (Å²) in [5.41, 5.74) is 0.548. The molecule has 1 aromatic heterocycles. The molecule has 0 N–H and O–H groups in total. The molecule has 0 aliphatic carbocycles. The molecule has 1 heterocycles. The van der Waals surface area contributed by atoms with Gasteiger partial charge < -0.3 is 9.47 Å². The zero-order valence-electron chi connectivity index (χ0n) is 10.2. The van der Waals surface area contributed by atoms with Crippen molar-refractivity contribution in [2.24, 2.45) is 0 Å². The van der Waals surface area contributed by atoms with Gasteiger partial charge >= 0.3 is 0 Å². The molecule has 2 aromatic rings. The molecular weight excluding hydrogens is 396 g/mol. The minimum absolute atomic E-state index is 0.0523. The Labute approximate surface area is 131 Å². The van der Waals surface area contributed by atoms with E-state index in [1.54, 1.807) is 32.4 Å². The van der Waals surface area contributed by atoms with Crippen molar-refractivity contribution in [3.8, 4) is 11.5 Å². The van der Waals surface area contributed by atoms with E-state index in [4.69, 9.17) is 9.47 Å². The fourth-order valence-corrected chi connectivity index (χ4v) is 3.44. The largest absolute Gasteiger partial charge is 0.493 e. The van der Waals surface area contributed by atoms with Gasteiger partial charge in [-0.3, -0.25) is 4.79 Å². The summed E-state index contributed by atoms with van der Waals surface area (Å²) in [7, 11) is 3.10. The van der Waals surface area contributed by atoms with Gasteiger partial charge in [-0.1, -0.05) is 0 Å². The van der Waals surface area contributed by atoms with Crippen molar-refractivity contribution in [1.29, 1.82) is 0 Å². The molecule has 0 bridgehead atoms. The van der Waals surface area contributed by atoms with Gasteiger partial charge in [0.25, 0.3) is 0 Å². The fourth-order valence-electron chi connectivity index (χ4n) is 1.60. The summed E-state index contributed by atoms with van der Waals surface area (Å²) in [6.07, 6.45) is 0. The van der Waals surface area contributed by atoms with E-state index in [2.05, 4.69) is 31.9 Å². The minimum atomic E-state index is -0.0523. The summed E-state index contributed by atoms with van der Waals surface area (Å²) in [6, 6.07) is 7.06. The zero-order chi connectivity index (χ0) is 14.0. The molecule has 0 unspecified atom stereocenters. The molecule has 3 nitrogen and oxygen atoms in total. The van der Waals surface area contributed by atoms with Gasteiger partial charge in [-0.05, 0) is 56.1 Å². The topological polar surface area (TPSA) is 35.5 Å². The first-order valence-electron chi connectivity index (χ1n) is 5.28. The zero-order valence-corrected chi connectivity index (χ0v) is 14.2. The van der Waals surface area contributed by atoms with Gasteiger partial charge in [0.15, 0.2) is 11.5 Å². The van der Waals surface area contributed by atoms with E-state index in [1.807, 2.05) is 6.07 Å². The number of halogens is 2. The number of methoxy groups -OCH3 is 2. The third-order valence-corrected chi connectivity index (χ3v) is 4.79.